The zero-order chi connectivity index (χ0) is 13.9. The first-order valence-electron chi connectivity index (χ1n) is 6.73. The smallest absolute Gasteiger partial charge is 0.256 e. The lowest BCUT2D eigenvalue weighted by molar-refractivity contribution is -0.0107. The number of carbonyl (C=O) groups is 1. The van der Waals surface area contributed by atoms with Crippen LogP contribution in [0.4, 0.5) is 5.69 Å². The molecule has 1 aromatic heterocycles. The van der Waals surface area contributed by atoms with Gasteiger partial charge < -0.3 is 15.3 Å². The highest BCUT2D eigenvalue weighted by Crippen LogP contribution is 2.23. The quantitative estimate of drug-likeness (QED) is 0.867. The van der Waals surface area contributed by atoms with Crippen molar-refractivity contribution >= 4 is 11.6 Å². The van der Waals surface area contributed by atoms with E-state index in [1.54, 1.807) is 30.3 Å². The molecule has 19 heavy (non-hydrogen) atoms. The number of aromatic nitrogens is 1. The molecular formula is C14H21N3O2. The molecule has 0 aliphatic carbocycles. The Morgan fingerprint density at radius 1 is 1.63 bits per heavy atom. The van der Waals surface area contributed by atoms with Gasteiger partial charge in [0.2, 0.25) is 0 Å². The standard InChI is InChI=1S/C14H21N3O2/c1-3-16-12-9-15-7-5-11(12)13(18)17-8-4-6-14(2,19)10-17/h5,7,9,16,19H,3-4,6,8,10H2,1-2H3. The summed E-state index contributed by atoms with van der Waals surface area (Å²) in [6.45, 7) is 5.59. The Bertz CT molecular complexity index is 460. The van der Waals surface area contributed by atoms with Gasteiger partial charge in [-0.05, 0) is 32.8 Å². The van der Waals surface area contributed by atoms with Crippen LogP contribution in [0.2, 0.25) is 0 Å². The van der Waals surface area contributed by atoms with E-state index in [4.69, 9.17) is 0 Å². The van der Waals surface area contributed by atoms with E-state index in [1.165, 1.54) is 0 Å². The third-order valence-electron chi connectivity index (χ3n) is 3.38. The van der Waals surface area contributed by atoms with Crippen LogP contribution in [0.5, 0.6) is 0 Å². The molecule has 1 fully saturated rings. The van der Waals surface area contributed by atoms with Gasteiger partial charge in [0, 0.05) is 25.8 Å². The summed E-state index contributed by atoms with van der Waals surface area (Å²) < 4.78 is 0. The Labute approximate surface area is 113 Å². The number of amides is 1. The number of rotatable bonds is 3. The van der Waals surface area contributed by atoms with Crippen LogP contribution in [0.25, 0.3) is 0 Å². The van der Waals surface area contributed by atoms with Gasteiger partial charge in [0.1, 0.15) is 0 Å². The number of pyridine rings is 1. The van der Waals surface area contributed by atoms with Crippen LogP contribution in [-0.4, -0.2) is 46.1 Å². The van der Waals surface area contributed by atoms with E-state index in [9.17, 15) is 9.90 Å². The molecule has 5 nitrogen and oxygen atoms in total. The van der Waals surface area contributed by atoms with Crippen LogP contribution in [0.1, 0.15) is 37.0 Å². The fraction of sp³-hybridized carbons (Fsp3) is 0.571. The molecule has 0 saturated carbocycles. The molecule has 2 N–H and O–H groups in total. The lowest BCUT2D eigenvalue weighted by Gasteiger charge is -2.37. The number of nitrogens with zero attached hydrogens (tertiary/aromatic N) is 2. The number of piperidine rings is 1. The molecule has 1 atom stereocenters. The van der Waals surface area contributed by atoms with Crippen LogP contribution < -0.4 is 5.32 Å². The first kappa shape index (κ1) is 13.8. The van der Waals surface area contributed by atoms with E-state index in [1.807, 2.05) is 6.92 Å². The monoisotopic (exact) mass is 263 g/mol. The van der Waals surface area contributed by atoms with Crippen molar-refractivity contribution in [3.63, 3.8) is 0 Å². The summed E-state index contributed by atoms with van der Waals surface area (Å²) in [6.07, 6.45) is 4.86. The van der Waals surface area contributed by atoms with Gasteiger partial charge in [0.05, 0.1) is 23.0 Å². The molecule has 104 valence electrons. The average Bonchev–Trinajstić information content (AvgIpc) is 2.38. The molecule has 1 aromatic rings. The van der Waals surface area contributed by atoms with Crippen molar-refractivity contribution in [2.24, 2.45) is 0 Å². The van der Waals surface area contributed by atoms with Gasteiger partial charge in [-0.3, -0.25) is 9.78 Å². The Kier molecular flexibility index (Phi) is 4.04. The largest absolute Gasteiger partial charge is 0.388 e. The van der Waals surface area contributed by atoms with E-state index in [-0.39, 0.29) is 5.91 Å². The van der Waals surface area contributed by atoms with E-state index in [0.717, 1.165) is 25.1 Å². The predicted molar refractivity (Wildman–Crippen MR) is 74.2 cm³/mol. The first-order valence-corrected chi connectivity index (χ1v) is 6.73. The molecule has 0 spiro atoms. The number of anilines is 1. The van der Waals surface area contributed by atoms with Crippen molar-refractivity contribution in [3.8, 4) is 0 Å². The highest BCUT2D eigenvalue weighted by Gasteiger charge is 2.31. The number of nitrogens with one attached hydrogen (secondary N) is 1. The molecule has 1 aliphatic heterocycles. The normalized spacial score (nSPS) is 23.2. The maximum absolute atomic E-state index is 12.5. The van der Waals surface area contributed by atoms with Gasteiger partial charge in [0.25, 0.3) is 5.91 Å². The van der Waals surface area contributed by atoms with Gasteiger partial charge in [-0.25, -0.2) is 0 Å². The van der Waals surface area contributed by atoms with E-state index in [0.29, 0.717) is 18.7 Å². The maximum atomic E-state index is 12.5. The van der Waals surface area contributed by atoms with Crippen molar-refractivity contribution < 1.29 is 9.90 Å². The molecule has 0 aromatic carbocycles. The second-order valence-corrected chi connectivity index (χ2v) is 5.28. The number of hydrogen-bond acceptors (Lipinski definition) is 4. The van der Waals surface area contributed by atoms with Crippen molar-refractivity contribution in [2.45, 2.75) is 32.3 Å². The van der Waals surface area contributed by atoms with Crippen molar-refractivity contribution in [1.82, 2.24) is 9.88 Å². The predicted octanol–water partition coefficient (Wildman–Crippen LogP) is 1.50. The van der Waals surface area contributed by atoms with Crippen LogP contribution >= 0.6 is 0 Å². The minimum Gasteiger partial charge on any atom is -0.388 e. The first-order chi connectivity index (χ1) is 9.03. The maximum Gasteiger partial charge on any atom is 0.256 e. The number of likely N-dealkylation sites (tertiary alicyclic amines) is 1. The van der Waals surface area contributed by atoms with Crippen LogP contribution in [0, 0.1) is 0 Å². The third-order valence-corrected chi connectivity index (χ3v) is 3.38. The summed E-state index contributed by atoms with van der Waals surface area (Å²) in [5, 5.41) is 13.2. The minimum absolute atomic E-state index is 0.0432. The van der Waals surface area contributed by atoms with Crippen molar-refractivity contribution in [2.75, 3.05) is 25.0 Å². The molecule has 1 amide bonds. The molecule has 5 heteroatoms. The number of hydrogen-bond donors (Lipinski definition) is 2. The highest BCUT2D eigenvalue weighted by atomic mass is 16.3. The fourth-order valence-electron chi connectivity index (χ4n) is 2.48. The number of carbonyl (C=O) groups excluding carboxylic acids is 1. The van der Waals surface area contributed by atoms with Gasteiger partial charge in [-0.1, -0.05) is 0 Å². The Morgan fingerprint density at radius 3 is 3.11 bits per heavy atom. The molecule has 0 bridgehead atoms. The van der Waals surface area contributed by atoms with Crippen molar-refractivity contribution in [3.05, 3.63) is 24.0 Å². The molecule has 0 radical (unpaired) electrons. The van der Waals surface area contributed by atoms with Gasteiger partial charge in [0.15, 0.2) is 0 Å². The zero-order valence-corrected chi connectivity index (χ0v) is 11.5. The Hall–Kier alpha value is -1.62. The highest BCUT2D eigenvalue weighted by molar-refractivity contribution is 5.99. The molecular weight excluding hydrogens is 242 g/mol. The van der Waals surface area contributed by atoms with E-state index >= 15 is 0 Å². The van der Waals surface area contributed by atoms with E-state index < -0.39 is 5.60 Å². The molecule has 1 aliphatic rings. The lowest BCUT2D eigenvalue weighted by Crippen LogP contribution is -2.48. The SMILES string of the molecule is CCNc1cnccc1C(=O)N1CCCC(C)(O)C1. The second kappa shape index (κ2) is 5.57. The molecule has 2 heterocycles. The third kappa shape index (κ3) is 3.23. The number of aliphatic hydroxyl groups is 1. The average molecular weight is 263 g/mol. The van der Waals surface area contributed by atoms with Crippen LogP contribution in [0.15, 0.2) is 18.5 Å². The summed E-state index contributed by atoms with van der Waals surface area (Å²) in [4.78, 5) is 18.3. The van der Waals surface area contributed by atoms with Crippen LogP contribution in [0.3, 0.4) is 0 Å². The minimum atomic E-state index is -0.778. The number of β-amino-alcohol motifs (C(OH)–C–C–N with tert-alkyl or cyclic N) is 1. The Balaban J connectivity index is 2.19. The van der Waals surface area contributed by atoms with Gasteiger partial charge in [-0.2, -0.15) is 0 Å². The Morgan fingerprint density at radius 2 is 2.42 bits per heavy atom. The zero-order valence-electron chi connectivity index (χ0n) is 11.5. The van der Waals surface area contributed by atoms with Gasteiger partial charge >= 0.3 is 0 Å². The summed E-state index contributed by atoms with van der Waals surface area (Å²) in [5.74, 6) is -0.0432. The van der Waals surface area contributed by atoms with Gasteiger partial charge in [-0.15, -0.1) is 0 Å². The lowest BCUT2D eigenvalue weighted by atomic mass is 9.94. The van der Waals surface area contributed by atoms with Crippen molar-refractivity contribution in [1.29, 1.82) is 0 Å². The summed E-state index contributed by atoms with van der Waals surface area (Å²) in [5.41, 5.74) is 0.592. The topological polar surface area (TPSA) is 65.5 Å². The summed E-state index contributed by atoms with van der Waals surface area (Å²) in [6, 6.07) is 1.73. The molecule has 2 rings (SSSR count). The van der Waals surface area contributed by atoms with Crippen LogP contribution in [-0.2, 0) is 0 Å². The second-order valence-electron chi connectivity index (χ2n) is 5.28. The van der Waals surface area contributed by atoms with E-state index in [2.05, 4.69) is 10.3 Å². The molecule has 1 unspecified atom stereocenters. The fourth-order valence-corrected chi connectivity index (χ4v) is 2.48. The summed E-state index contributed by atoms with van der Waals surface area (Å²) >= 11 is 0. The summed E-state index contributed by atoms with van der Waals surface area (Å²) in [7, 11) is 0. The molecule has 1 saturated heterocycles.